The van der Waals surface area contributed by atoms with Crippen molar-refractivity contribution in [3.8, 4) is 0 Å². The number of rotatable bonds is 4. The summed E-state index contributed by atoms with van der Waals surface area (Å²) in [4.78, 5) is 28.8. The summed E-state index contributed by atoms with van der Waals surface area (Å²) < 4.78 is 0.883. The molecule has 3 rings (SSSR count). The fraction of sp³-hybridized carbons (Fsp3) is 0.556. The van der Waals surface area contributed by atoms with Gasteiger partial charge in [-0.1, -0.05) is 12.1 Å². The van der Waals surface area contributed by atoms with Gasteiger partial charge in [-0.3, -0.25) is 14.5 Å². The minimum absolute atomic E-state index is 0.00813. The second-order valence-corrected chi connectivity index (χ2v) is 7.47. The number of carbonyl (C=O) groups excluding carboxylic acids is 2. The van der Waals surface area contributed by atoms with E-state index in [4.69, 9.17) is 0 Å². The highest BCUT2D eigenvalue weighted by atomic mass is 79.9. The highest BCUT2D eigenvalue weighted by molar-refractivity contribution is 9.10. The molecule has 130 valence electrons. The monoisotopic (exact) mass is 393 g/mol. The molecule has 0 atom stereocenters. The van der Waals surface area contributed by atoms with E-state index in [0.717, 1.165) is 62.0 Å². The maximum Gasteiger partial charge on any atom is 0.238 e. The Morgan fingerprint density at radius 1 is 1.08 bits per heavy atom. The van der Waals surface area contributed by atoms with Crippen LogP contribution in [0.5, 0.6) is 0 Å². The minimum atomic E-state index is -0.00813. The molecule has 2 amide bonds. The van der Waals surface area contributed by atoms with Gasteiger partial charge in [-0.2, -0.15) is 0 Å². The van der Waals surface area contributed by atoms with Gasteiger partial charge in [0.2, 0.25) is 11.8 Å². The highest BCUT2D eigenvalue weighted by Crippen LogP contribution is 2.23. The highest BCUT2D eigenvalue weighted by Gasteiger charge is 2.30. The number of benzene rings is 1. The summed E-state index contributed by atoms with van der Waals surface area (Å²) in [5, 5.41) is 2.93. The van der Waals surface area contributed by atoms with Crippen molar-refractivity contribution in [3.63, 3.8) is 0 Å². The summed E-state index contributed by atoms with van der Waals surface area (Å²) in [7, 11) is 0. The first kappa shape index (κ1) is 17.4. The molecule has 0 spiro atoms. The number of halogens is 1. The zero-order valence-electron chi connectivity index (χ0n) is 13.8. The van der Waals surface area contributed by atoms with E-state index < -0.39 is 0 Å². The number of likely N-dealkylation sites (tertiary alicyclic amines) is 2. The van der Waals surface area contributed by atoms with E-state index in [-0.39, 0.29) is 11.8 Å². The number of hydrogen-bond donors (Lipinski definition) is 1. The average molecular weight is 394 g/mol. The van der Waals surface area contributed by atoms with Gasteiger partial charge < -0.3 is 10.2 Å². The number of hydrogen-bond acceptors (Lipinski definition) is 3. The molecule has 2 heterocycles. The van der Waals surface area contributed by atoms with Crippen LogP contribution in [0.3, 0.4) is 0 Å². The molecule has 0 bridgehead atoms. The van der Waals surface area contributed by atoms with Gasteiger partial charge in [0.25, 0.3) is 0 Å². The Morgan fingerprint density at radius 2 is 1.75 bits per heavy atom. The average Bonchev–Trinajstić information content (AvgIpc) is 3.11. The van der Waals surface area contributed by atoms with Crippen molar-refractivity contribution in [2.75, 3.05) is 38.0 Å². The third kappa shape index (κ3) is 4.36. The molecule has 2 aliphatic heterocycles. The number of piperidine rings is 1. The van der Waals surface area contributed by atoms with E-state index in [1.807, 2.05) is 29.2 Å². The number of nitrogens with zero attached hydrogens (tertiary/aromatic N) is 2. The Morgan fingerprint density at radius 3 is 2.42 bits per heavy atom. The summed E-state index contributed by atoms with van der Waals surface area (Å²) in [6.07, 6.45) is 3.99. The molecule has 6 heteroatoms. The quantitative estimate of drug-likeness (QED) is 0.855. The molecule has 1 aromatic carbocycles. The van der Waals surface area contributed by atoms with Gasteiger partial charge in [-0.25, -0.2) is 0 Å². The van der Waals surface area contributed by atoms with E-state index in [2.05, 4.69) is 26.1 Å². The van der Waals surface area contributed by atoms with Crippen LogP contribution in [0.15, 0.2) is 28.7 Å². The third-order valence-electron chi connectivity index (χ3n) is 4.87. The van der Waals surface area contributed by atoms with Crippen LogP contribution in [0.1, 0.15) is 25.7 Å². The van der Waals surface area contributed by atoms with Gasteiger partial charge in [-0.15, -0.1) is 0 Å². The lowest BCUT2D eigenvalue weighted by molar-refractivity contribution is -0.136. The number of carbonyl (C=O) groups is 2. The van der Waals surface area contributed by atoms with E-state index in [9.17, 15) is 9.59 Å². The number of amides is 2. The predicted molar refractivity (Wildman–Crippen MR) is 97.7 cm³/mol. The summed E-state index contributed by atoms with van der Waals surface area (Å²) in [5.74, 6) is 0.460. The SMILES string of the molecule is O=C(CN1CCC(C(=O)N2CCCC2)CC1)Nc1ccccc1Br. The first-order valence-electron chi connectivity index (χ1n) is 8.69. The van der Waals surface area contributed by atoms with E-state index >= 15 is 0 Å². The molecule has 1 aromatic rings. The molecule has 2 fully saturated rings. The second kappa shape index (κ2) is 8.12. The lowest BCUT2D eigenvalue weighted by Gasteiger charge is -2.32. The normalized spacial score (nSPS) is 19.5. The zero-order chi connectivity index (χ0) is 16.9. The second-order valence-electron chi connectivity index (χ2n) is 6.61. The molecule has 24 heavy (non-hydrogen) atoms. The molecule has 0 saturated carbocycles. The number of nitrogens with one attached hydrogen (secondary N) is 1. The van der Waals surface area contributed by atoms with Crippen LogP contribution in [0.4, 0.5) is 5.69 Å². The molecule has 2 saturated heterocycles. The molecule has 2 aliphatic rings. The Labute approximate surface area is 151 Å². The molecule has 1 N–H and O–H groups in total. The summed E-state index contributed by atoms with van der Waals surface area (Å²) >= 11 is 3.44. The largest absolute Gasteiger partial charge is 0.342 e. The Kier molecular flexibility index (Phi) is 5.89. The van der Waals surface area contributed by atoms with Gasteiger partial charge in [0, 0.05) is 23.5 Å². The van der Waals surface area contributed by atoms with Crippen LogP contribution in [0, 0.1) is 5.92 Å². The fourth-order valence-electron chi connectivity index (χ4n) is 3.49. The number of para-hydroxylation sites is 1. The standard InChI is InChI=1S/C18H24BrN3O2/c19-15-5-1-2-6-16(15)20-17(23)13-21-11-7-14(8-12-21)18(24)22-9-3-4-10-22/h1-2,5-6,14H,3-4,7-13H2,(H,20,23). The van der Waals surface area contributed by atoms with E-state index in [1.165, 1.54) is 0 Å². The Bertz CT molecular complexity index is 594. The van der Waals surface area contributed by atoms with Crippen LogP contribution in [0.25, 0.3) is 0 Å². The minimum Gasteiger partial charge on any atom is -0.342 e. The van der Waals surface area contributed by atoms with Crippen LogP contribution in [-0.4, -0.2) is 54.3 Å². The van der Waals surface area contributed by atoms with Crippen molar-refractivity contribution in [1.29, 1.82) is 0 Å². The van der Waals surface area contributed by atoms with Crippen molar-refractivity contribution in [1.82, 2.24) is 9.80 Å². The number of anilines is 1. The van der Waals surface area contributed by atoms with Crippen LogP contribution < -0.4 is 5.32 Å². The summed E-state index contributed by atoms with van der Waals surface area (Å²) in [6, 6.07) is 7.60. The fourth-order valence-corrected chi connectivity index (χ4v) is 3.87. The van der Waals surface area contributed by atoms with Gasteiger partial charge in [0.1, 0.15) is 0 Å². The Hall–Kier alpha value is -1.40. The summed E-state index contributed by atoms with van der Waals surface area (Å²) in [6.45, 7) is 3.86. The first-order valence-corrected chi connectivity index (χ1v) is 9.48. The van der Waals surface area contributed by atoms with Crippen molar-refractivity contribution >= 4 is 33.4 Å². The smallest absolute Gasteiger partial charge is 0.238 e. The Balaban J connectivity index is 1.44. The zero-order valence-corrected chi connectivity index (χ0v) is 15.4. The lowest BCUT2D eigenvalue weighted by Crippen LogP contribution is -2.43. The predicted octanol–water partition coefficient (Wildman–Crippen LogP) is 2.72. The van der Waals surface area contributed by atoms with Gasteiger partial charge in [0.05, 0.1) is 12.2 Å². The maximum atomic E-state index is 12.4. The van der Waals surface area contributed by atoms with Crippen LogP contribution in [-0.2, 0) is 9.59 Å². The van der Waals surface area contributed by atoms with Gasteiger partial charge >= 0.3 is 0 Å². The molecular weight excluding hydrogens is 370 g/mol. The van der Waals surface area contributed by atoms with Crippen LogP contribution >= 0.6 is 15.9 Å². The van der Waals surface area contributed by atoms with E-state index in [0.29, 0.717) is 12.5 Å². The molecule has 0 aromatic heterocycles. The van der Waals surface area contributed by atoms with Gasteiger partial charge in [0.15, 0.2) is 0 Å². The molecule has 0 aliphatic carbocycles. The van der Waals surface area contributed by atoms with Crippen LogP contribution in [0.2, 0.25) is 0 Å². The maximum absolute atomic E-state index is 12.4. The molecular formula is C18H24BrN3O2. The lowest BCUT2D eigenvalue weighted by atomic mass is 9.95. The molecule has 0 unspecified atom stereocenters. The van der Waals surface area contributed by atoms with Crippen molar-refractivity contribution < 1.29 is 9.59 Å². The topological polar surface area (TPSA) is 52.7 Å². The first-order chi connectivity index (χ1) is 11.6. The third-order valence-corrected chi connectivity index (χ3v) is 5.56. The summed E-state index contributed by atoms with van der Waals surface area (Å²) in [5.41, 5.74) is 0.793. The van der Waals surface area contributed by atoms with Crippen molar-refractivity contribution in [2.24, 2.45) is 5.92 Å². The van der Waals surface area contributed by atoms with E-state index in [1.54, 1.807) is 0 Å². The molecule has 0 radical (unpaired) electrons. The van der Waals surface area contributed by atoms with Crippen molar-refractivity contribution in [3.05, 3.63) is 28.7 Å². The van der Waals surface area contributed by atoms with Gasteiger partial charge in [-0.05, 0) is 66.8 Å². The molecule has 5 nitrogen and oxygen atoms in total. The van der Waals surface area contributed by atoms with Crippen molar-refractivity contribution in [2.45, 2.75) is 25.7 Å².